The summed E-state index contributed by atoms with van der Waals surface area (Å²) in [5.74, 6) is -2.76. The number of halogens is 1. The largest absolute Gasteiger partial charge is 0.479 e. The van der Waals surface area contributed by atoms with Crippen molar-refractivity contribution in [3.63, 3.8) is 0 Å². The third-order valence-electron chi connectivity index (χ3n) is 8.19. The summed E-state index contributed by atoms with van der Waals surface area (Å²) < 4.78 is 20.0. The topological polar surface area (TPSA) is 152 Å². The van der Waals surface area contributed by atoms with Crippen molar-refractivity contribution in [2.75, 3.05) is 19.6 Å². The number of carboxylic acids is 1. The summed E-state index contributed by atoms with van der Waals surface area (Å²) in [6, 6.07) is 2.36. The molecule has 1 aromatic carbocycles. The van der Waals surface area contributed by atoms with E-state index in [4.69, 9.17) is 4.74 Å². The Kier molecular flexibility index (Phi) is 8.88. The van der Waals surface area contributed by atoms with Crippen molar-refractivity contribution in [3.8, 4) is 0 Å². The SMILES string of the molecule is C=C[C@@H]1CC1(NC(=O)[C@@H]1C[C@@H](OC(=O)N2Cc3cccc(F)c3C2)CN1CC(C(C)C)N(O)C(=O)NCC)C(=O)O. The van der Waals surface area contributed by atoms with Gasteiger partial charge in [0.05, 0.1) is 18.6 Å². The van der Waals surface area contributed by atoms with Crippen LogP contribution in [-0.2, 0) is 27.4 Å². The number of carbonyl (C=O) groups is 4. The normalized spacial score (nSPS) is 25.8. The van der Waals surface area contributed by atoms with Crippen molar-refractivity contribution >= 4 is 24.0 Å². The zero-order valence-electron chi connectivity index (χ0n) is 23.5. The van der Waals surface area contributed by atoms with Gasteiger partial charge in [0.25, 0.3) is 0 Å². The van der Waals surface area contributed by atoms with E-state index in [0.29, 0.717) is 22.7 Å². The summed E-state index contributed by atoms with van der Waals surface area (Å²) in [5.41, 5.74) is -0.324. The Labute approximate surface area is 238 Å². The lowest BCUT2D eigenvalue weighted by Crippen LogP contribution is -2.56. The number of fused-ring (bicyclic) bond motifs is 1. The van der Waals surface area contributed by atoms with Gasteiger partial charge in [-0.05, 0) is 30.9 Å². The lowest BCUT2D eigenvalue weighted by atomic mass is 10.0. The van der Waals surface area contributed by atoms with Gasteiger partial charge in [-0.2, -0.15) is 0 Å². The zero-order valence-corrected chi connectivity index (χ0v) is 23.5. The van der Waals surface area contributed by atoms with E-state index in [-0.39, 0.29) is 44.9 Å². The predicted molar refractivity (Wildman–Crippen MR) is 144 cm³/mol. The first-order chi connectivity index (χ1) is 19.4. The Morgan fingerprint density at radius 2 is 2.02 bits per heavy atom. The molecule has 1 aliphatic carbocycles. The minimum Gasteiger partial charge on any atom is -0.479 e. The summed E-state index contributed by atoms with van der Waals surface area (Å²) in [6.45, 7) is 9.73. The summed E-state index contributed by atoms with van der Waals surface area (Å²) in [7, 11) is 0. The van der Waals surface area contributed by atoms with Gasteiger partial charge in [-0.1, -0.05) is 32.1 Å². The molecule has 5 atom stereocenters. The smallest absolute Gasteiger partial charge is 0.410 e. The maximum atomic E-state index is 14.2. The fourth-order valence-corrected chi connectivity index (χ4v) is 5.66. The third kappa shape index (κ3) is 6.15. The van der Waals surface area contributed by atoms with E-state index in [1.165, 1.54) is 17.0 Å². The highest BCUT2D eigenvalue weighted by atomic mass is 19.1. The zero-order chi connectivity index (χ0) is 30.1. The highest BCUT2D eigenvalue weighted by Gasteiger charge is 2.61. The lowest BCUT2D eigenvalue weighted by Gasteiger charge is -2.34. The minimum absolute atomic E-state index is 0.0583. The highest BCUT2D eigenvalue weighted by Crippen LogP contribution is 2.45. The van der Waals surface area contributed by atoms with E-state index < -0.39 is 59.5 Å². The van der Waals surface area contributed by atoms with Crippen LogP contribution in [0.25, 0.3) is 0 Å². The molecule has 224 valence electrons. The van der Waals surface area contributed by atoms with Gasteiger partial charge in [0.2, 0.25) is 5.91 Å². The average Bonchev–Trinajstić information content (AvgIpc) is 3.24. The first-order valence-corrected chi connectivity index (χ1v) is 13.8. The van der Waals surface area contributed by atoms with Crippen LogP contribution in [0.15, 0.2) is 30.9 Å². The second-order valence-electron chi connectivity index (χ2n) is 11.2. The van der Waals surface area contributed by atoms with Crippen molar-refractivity contribution < 1.29 is 38.6 Å². The molecule has 41 heavy (non-hydrogen) atoms. The quantitative estimate of drug-likeness (QED) is 0.189. The predicted octanol–water partition coefficient (Wildman–Crippen LogP) is 2.31. The molecule has 2 aliphatic heterocycles. The molecule has 2 fully saturated rings. The monoisotopic (exact) mass is 575 g/mol. The van der Waals surface area contributed by atoms with Crippen molar-refractivity contribution in [1.29, 1.82) is 0 Å². The van der Waals surface area contributed by atoms with E-state index in [1.54, 1.807) is 24.0 Å². The molecule has 13 heteroatoms. The second-order valence-corrected chi connectivity index (χ2v) is 11.2. The summed E-state index contributed by atoms with van der Waals surface area (Å²) in [4.78, 5) is 54.0. The number of ether oxygens (including phenoxy) is 1. The van der Waals surface area contributed by atoms with Gasteiger partial charge >= 0.3 is 18.1 Å². The number of nitrogens with one attached hydrogen (secondary N) is 2. The van der Waals surface area contributed by atoms with E-state index in [9.17, 15) is 33.9 Å². The molecule has 2 heterocycles. The summed E-state index contributed by atoms with van der Waals surface area (Å²) in [6.07, 6.45) is 0.372. The fraction of sp³-hybridized carbons (Fsp3) is 0.571. The van der Waals surface area contributed by atoms with Gasteiger partial charge in [0.15, 0.2) is 0 Å². The van der Waals surface area contributed by atoms with Crippen LogP contribution in [0.2, 0.25) is 0 Å². The molecular weight excluding hydrogens is 537 g/mol. The van der Waals surface area contributed by atoms with Gasteiger partial charge in [0, 0.05) is 44.1 Å². The van der Waals surface area contributed by atoms with Crippen LogP contribution in [0, 0.1) is 17.7 Å². The second kappa shape index (κ2) is 12.0. The number of carboxylic acid groups (broad SMARTS) is 1. The summed E-state index contributed by atoms with van der Waals surface area (Å²) in [5, 5.41) is 26.2. The molecule has 1 saturated heterocycles. The Bertz CT molecular complexity index is 1210. The molecule has 1 aromatic rings. The molecule has 1 saturated carbocycles. The molecule has 0 aromatic heterocycles. The van der Waals surface area contributed by atoms with Gasteiger partial charge in [-0.3, -0.25) is 19.8 Å². The molecular formula is C28H38FN5O7. The number of benzene rings is 1. The Morgan fingerprint density at radius 1 is 1.29 bits per heavy atom. The number of urea groups is 1. The molecule has 12 nitrogen and oxygen atoms in total. The van der Waals surface area contributed by atoms with E-state index >= 15 is 0 Å². The van der Waals surface area contributed by atoms with Crippen molar-refractivity contribution in [2.24, 2.45) is 11.8 Å². The van der Waals surface area contributed by atoms with Gasteiger partial charge < -0.3 is 20.5 Å². The van der Waals surface area contributed by atoms with E-state index in [2.05, 4.69) is 17.2 Å². The van der Waals surface area contributed by atoms with Crippen molar-refractivity contribution in [3.05, 3.63) is 47.8 Å². The van der Waals surface area contributed by atoms with Crippen LogP contribution < -0.4 is 10.6 Å². The number of hydrogen-bond donors (Lipinski definition) is 4. The van der Waals surface area contributed by atoms with E-state index in [1.807, 2.05) is 13.8 Å². The van der Waals surface area contributed by atoms with E-state index in [0.717, 1.165) is 0 Å². The maximum Gasteiger partial charge on any atom is 0.410 e. The van der Waals surface area contributed by atoms with Crippen LogP contribution in [0.3, 0.4) is 0 Å². The molecule has 4 amide bonds. The molecule has 4 rings (SSSR count). The van der Waals surface area contributed by atoms with Crippen LogP contribution in [0.5, 0.6) is 0 Å². The molecule has 2 unspecified atom stereocenters. The maximum absolute atomic E-state index is 14.2. The first-order valence-electron chi connectivity index (χ1n) is 13.8. The first kappa shape index (κ1) is 30.3. The van der Waals surface area contributed by atoms with Gasteiger partial charge in [-0.15, -0.1) is 6.58 Å². The van der Waals surface area contributed by atoms with Crippen LogP contribution >= 0.6 is 0 Å². The van der Waals surface area contributed by atoms with Crippen molar-refractivity contribution in [2.45, 2.75) is 70.4 Å². The lowest BCUT2D eigenvalue weighted by molar-refractivity contribution is -0.144. The highest BCUT2D eigenvalue weighted by molar-refractivity contribution is 5.93. The van der Waals surface area contributed by atoms with Gasteiger partial charge in [0.1, 0.15) is 17.5 Å². The number of nitrogens with zero attached hydrogens (tertiary/aromatic N) is 3. The Morgan fingerprint density at radius 3 is 2.61 bits per heavy atom. The number of hydrogen-bond acceptors (Lipinski definition) is 7. The molecule has 4 N–H and O–H groups in total. The molecule has 0 radical (unpaired) electrons. The number of hydroxylamine groups is 2. The number of amides is 4. The van der Waals surface area contributed by atoms with Crippen molar-refractivity contribution in [1.82, 2.24) is 25.5 Å². The summed E-state index contributed by atoms with van der Waals surface area (Å²) >= 11 is 0. The molecule has 3 aliphatic rings. The van der Waals surface area contributed by atoms with Crippen LogP contribution in [0.1, 0.15) is 44.7 Å². The Hall–Kier alpha value is -3.71. The fourth-order valence-electron chi connectivity index (χ4n) is 5.66. The van der Waals surface area contributed by atoms with Gasteiger partial charge in [-0.25, -0.2) is 23.8 Å². The third-order valence-corrected chi connectivity index (χ3v) is 8.19. The van der Waals surface area contributed by atoms with Crippen LogP contribution in [-0.4, -0.2) is 92.5 Å². The number of likely N-dealkylation sites (tertiary alicyclic amines) is 1. The number of carbonyl (C=O) groups excluding carboxylic acids is 3. The standard InChI is InChI=1S/C28H38FN5O7/c1-5-18-11-28(18,25(36)37)31-24(35)22-10-19(13-32(22)15-23(16(3)4)34(40)26(38)30-6-2)41-27(39)33-12-17-8-7-9-21(29)20(17)14-33/h5,7-9,16,18-19,22-23,40H,1,6,10-15H2,2-4H3,(H,30,38)(H,31,35)(H,36,37)/t18-,19-,22+,23?,28?/m1/s1. The minimum atomic E-state index is -1.45. The number of aliphatic carboxylic acids is 1. The number of rotatable bonds is 10. The van der Waals surface area contributed by atoms with Crippen LogP contribution in [0.4, 0.5) is 14.0 Å². The molecule has 0 bridgehead atoms. The molecule has 0 spiro atoms. The average molecular weight is 576 g/mol. The Balaban J connectivity index is 1.50.